The number of carbonyl (C=O) groups is 3. The molecule has 3 aromatic heterocycles. The van der Waals surface area contributed by atoms with Crippen LogP contribution in [0.25, 0.3) is 22.6 Å². The van der Waals surface area contributed by atoms with Crippen LogP contribution in [-0.4, -0.2) is 82.3 Å². The number of nitro groups is 1. The molecule has 4 heterocycles. The van der Waals surface area contributed by atoms with Crippen molar-refractivity contribution < 1.29 is 38.3 Å². The van der Waals surface area contributed by atoms with Gasteiger partial charge in [-0.1, -0.05) is 17.3 Å². The molecular formula is C25H24N8O9. The minimum Gasteiger partial charge on any atom is -0.463 e. The zero-order valence-electron chi connectivity index (χ0n) is 22.5. The predicted octanol–water partition coefficient (Wildman–Crippen LogP) is 1.37. The van der Waals surface area contributed by atoms with Crippen LogP contribution in [0.1, 0.15) is 32.6 Å². The summed E-state index contributed by atoms with van der Waals surface area (Å²) in [5, 5.41) is 19.2. The molecule has 0 radical (unpaired) electrons. The third kappa shape index (κ3) is 5.90. The van der Waals surface area contributed by atoms with E-state index in [1.54, 1.807) is 23.0 Å². The third-order valence-corrected chi connectivity index (χ3v) is 6.25. The Morgan fingerprint density at radius 2 is 1.71 bits per heavy atom. The van der Waals surface area contributed by atoms with Crippen molar-refractivity contribution in [3.05, 3.63) is 58.8 Å². The molecule has 4 atom stereocenters. The maximum absolute atomic E-state index is 12.0. The van der Waals surface area contributed by atoms with Gasteiger partial charge < -0.3 is 18.9 Å². The van der Waals surface area contributed by atoms with Gasteiger partial charge in [-0.3, -0.25) is 29.1 Å². The van der Waals surface area contributed by atoms with Crippen LogP contribution in [-0.2, 0) is 39.9 Å². The zero-order valence-corrected chi connectivity index (χ0v) is 22.5. The van der Waals surface area contributed by atoms with E-state index in [2.05, 4.69) is 25.3 Å². The highest BCUT2D eigenvalue weighted by Gasteiger charge is 2.51. The average Bonchev–Trinajstić information content (AvgIpc) is 3.65. The van der Waals surface area contributed by atoms with E-state index in [0.29, 0.717) is 29.1 Å². The maximum Gasteiger partial charge on any atom is 0.303 e. The normalized spacial score (nSPS) is 19.9. The van der Waals surface area contributed by atoms with Gasteiger partial charge in [-0.2, -0.15) is 0 Å². The van der Waals surface area contributed by atoms with Gasteiger partial charge in [0.1, 0.15) is 35.9 Å². The van der Waals surface area contributed by atoms with Crippen LogP contribution < -0.4 is 0 Å². The van der Waals surface area contributed by atoms with Crippen LogP contribution in [0.15, 0.2) is 43.1 Å². The molecule has 0 amide bonds. The molecule has 4 aromatic rings. The van der Waals surface area contributed by atoms with Gasteiger partial charge >= 0.3 is 17.9 Å². The summed E-state index contributed by atoms with van der Waals surface area (Å²) in [5.74, 6) is -1.87. The molecule has 1 aliphatic rings. The van der Waals surface area contributed by atoms with Crippen molar-refractivity contribution in [3.8, 4) is 11.4 Å². The second kappa shape index (κ2) is 11.7. The Morgan fingerprint density at radius 1 is 1.00 bits per heavy atom. The number of hydrogen-bond acceptors (Lipinski definition) is 14. The fraction of sp³-hybridized carbons (Fsp3) is 0.360. The molecule has 0 bridgehead atoms. The van der Waals surface area contributed by atoms with E-state index in [0.717, 1.165) is 5.56 Å². The van der Waals surface area contributed by atoms with Crippen LogP contribution in [0.3, 0.4) is 0 Å². The molecule has 42 heavy (non-hydrogen) atoms. The van der Waals surface area contributed by atoms with E-state index < -0.39 is 47.4 Å². The molecule has 17 heteroatoms. The first kappa shape index (κ1) is 28.2. The smallest absolute Gasteiger partial charge is 0.303 e. The van der Waals surface area contributed by atoms with E-state index >= 15 is 0 Å². The number of ether oxygens (including phenoxy) is 4. The van der Waals surface area contributed by atoms with Crippen molar-refractivity contribution >= 4 is 34.8 Å². The number of benzene rings is 1. The Hall–Kier alpha value is -5.32. The standard InChI is InChI=1S/C25H24N8O9/c1-13(34)39-10-19-22(40-14(2)35)23(41-15(3)36)25(42-19)32-12-28-21-20(26-11-27-24(21)32)18-9-31(30-29-18)8-16-4-6-17(7-5-16)33(37)38/h4-7,9,11-12,19,22-23,25H,8,10H2,1-3H3/t19-,22-,23-,25-/m1/s1. The second-order valence-electron chi connectivity index (χ2n) is 9.29. The molecule has 1 aliphatic heterocycles. The number of hydrogen-bond donors (Lipinski definition) is 0. The summed E-state index contributed by atoms with van der Waals surface area (Å²) >= 11 is 0. The lowest BCUT2D eigenvalue weighted by Gasteiger charge is -2.23. The summed E-state index contributed by atoms with van der Waals surface area (Å²) in [7, 11) is 0. The van der Waals surface area contributed by atoms with Gasteiger partial charge in [-0.05, 0) is 5.56 Å². The molecule has 0 aliphatic carbocycles. The lowest BCUT2D eigenvalue weighted by molar-refractivity contribution is -0.384. The monoisotopic (exact) mass is 580 g/mol. The molecule has 0 unspecified atom stereocenters. The van der Waals surface area contributed by atoms with Crippen LogP contribution >= 0.6 is 0 Å². The number of nitrogens with zero attached hydrogens (tertiary/aromatic N) is 8. The van der Waals surface area contributed by atoms with Crippen molar-refractivity contribution in [2.24, 2.45) is 0 Å². The van der Waals surface area contributed by atoms with Gasteiger partial charge in [-0.15, -0.1) is 5.10 Å². The van der Waals surface area contributed by atoms with Gasteiger partial charge in [0.25, 0.3) is 5.69 Å². The van der Waals surface area contributed by atoms with Gasteiger partial charge in [0.05, 0.1) is 24.0 Å². The van der Waals surface area contributed by atoms with Crippen molar-refractivity contribution in [1.29, 1.82) is 0 Å². The number of non-ortho nitro benzene ring substituents is 1. The highest BCUT2D eigenvalue weighted by molar-refractivity contribution is 5.85. The lowest BCUT2D eigenvalue weighted by Crippen LogP contribution is -2.40. The molecular weight excluding hydrogens is 556 g/mol. The highest BCUT2D eigenvalue weighted by atomic mass is 16.7. The fourth-order valence-electron chi connectivity index (χ4n) is 4.54. The Labute approximate surface area is 236 Å². The molecule has 1 fully saturated rings. The van der Waals surface area contributed by atoms with Crippen LogP contribution in [0.4, 0.5) is 5.69 Å². The number of esters is 3. The van der Waals surface area contributed by atoms with Crippen molar-refractivity contribution in [1.82, 2.24) is 34.5 Å². The summed E-state index contributed by atoms with van der Waals surface area (Å²) in [6.45, 7) is 3.66. The quantitative estimate of drug-likeness (QED) is 0.119. The minimum absolute atomic E-state index is 0.0175. The number of imidazole rings is 1. The summed E-state index contributed by atoms with van der Waals surface area (Å²) in [6.07, 6.45) is 0.126. The Bertz CT molecular complexity index is 1650. The number of nitro benzene ring substituents is 1. The minimum atomic E-state index is -1.12. The van der Waals surface area contributed by atoms with E-state index in [1.807, 2.05) is 0 Å². The predicted molar refractivity (Wildman–Crippen MR) is 138 cm³/mol. The van der Waals surface area contributed by atoms with Crippen LogP contribution in [0.5, 0.6) is 0 Å². The first-order valence-electron chi connectivity index (χ1n) is 12.6. The molecule has 218 valence electrons. The summed E-state index contributed by atoms with van der Waals surface area (Å²) in [6, 6.07) is 6.07. The second-order valence-corrected chi connectivity index (χ2v) is 9.29. The summed E-state index contributed by atoms with van der Waals surface area (Å²) < 4.78 is 25.1. The van der Waals surface area contributed by atoms with Gasteiger partial charge in [-0.25, -0.2) is 19.6 Å². The Kier molecular flexibility index (Phi) is 7.83. The largest absolute Gasteiger partial charge is 0.463 e. The lowest BCUT2D eigenvalue weighted by atomic mass is 10.1. The van der Waals surface area contributed by atoms with Crippen molar-refractivity contribution in [2.45, 2.75) is 51.9 Å². The van der Waals surface area contributed by atoms with E-state index in [4.69, 9.17) is 18.9 Å². The van der Waals surface area contributed by atoms with Crippen LogP contribution in [0, 0.1) is 10.1 Å². The number of fused-ring (bicyclic) bond motifs is 1. The molecule has 0 spiro atoms. The topological polar surface area (TPSA) is 206 Å². The van der Waals surface area contributed by atoms with Crippen LogP contribution in [0.2, 0.25) is 0 Å². The van der Waals surface area contributed by atoms with Gasteiger partial charge in [0, 0.05) is 32.9 Å². The molecule has 0 N–H and O–H groups in total. The number of aromatic nitrogens is 7. The van der Waals surface area contributed by atoms with E-state index in [1.165, 1.54) is 50.1 Å². The van der Waals surface area contributed by atoms with Crippen molar-refractivity contribution in [3.63, 3.8) is 0 Å². The number of carbonyl (C=O) groups excluding carboxylic acids is 3. The summed E-state index contributed by atoms with van der Waals surface area (Å²) in [4.78, 5) is 58.9. The van der Waals surface area contributed by atoms with Gasteiger partial charge in [0.2, 0.25) is 0 Å². The number of rotatable bonds is 9. The first-order chi connectivity index (χ1) is 20.1. The fourth-order valence-corrected chi connectivity index (χ4v) is 4.54. The molecule has 1 aromatic carbocycles. The van der Waals surface area contributed by atoms with Crippen molar-refractivity contribution in [2.75, 3.05) is 6.61 Å². The molecule has 0 saturated carbocycles. The SMILES string of the molecule is CC(=O)OC[C@H]1O[C@@H](n2cnc3c(-c4cn(Cc5ccc([N+](=O)[O-])cc5)nn4)ncnc32)[C@H](OC(C)=O)[C@@H]1OC(C)=O. The maximum atomic E-state index is 12.0. The van der Waals surface area contributed by atoms with E-state index in [-0.39, 0.29) is 12.3 Å². The van der Waals surface area contributed by atoms with Gasteiger partial charge in [0.15, 0.2) is 24.1 Å². The Balaban J connectivity index is 1.45. The zero-order chi connectivity index (χ0) is 30.0. The highest BCUT2D eigenvalue weighted by Crippen LogP contribution is 2.36. The Morgan fingerprint density at radius 3 is 2.38 bits per heavy atom. The molecule has 1 saturated heterocycles. The third-order valence-electron chi connectivity index (χ3n) is 6.25. The molecule has 5 rings (SSSR count). The average molecular weight is 581 g/mol. The summed E-state index contributed by atoms with van der Waals surface area (Å²) in [5.41, 5.74) is 2.11. The van der Waals surface area contributed by atoms with E-state index in [9.17, 15) is 24.5 Å². The first-order valence-corrected chi connectivity index (χ1v) is 12.6. The molecule has 17 nitrogen and oxygen atoms in total.